The molecule has 2 fully saturated rings. The summed E-state index contributed by atoms with van der Waals surface area (Å²) < 4.78 is 24.0. The van der Waals surface area contributed by atoms with Crippen LogP contribution >= 0.6 is 0 Å². The second kappa shape index (κ2) is 5.69. The molecular weight excluding hydrogens is 268 g/mol. The van der Waals surface area contributed by atoms with Gasteiger partial charge in [0.1, 0.15) is 12.2 Å². The van der Waals surface area contributed by atoms with E-state index in [1.54, 1.807) is 0 Å². The van der Waals surface area contributed by atoms with Crippen molar-refractivity contribution in [1.82, 2.24) is 0 Å². The Hall–Kier alpha value is -0.940. The summed E-state index contributed by atoms with van der Waals surface area (Å²) in [6.45, 7) is 8.71. The first-order valence-corrected chi connectivity index (χ1v) is 7.66. The fraction of sp³-hybridized carbons (Fsp3) is 0.647. The van der Waals surface area contributed by atoms with Crippen LogP contribution in [-0.4, -0.2) is 30.4 Å². The molecule has 0 spiro atoms. The quantitative estimate of drug-likeness (QED) is 0.854. The first-order valence-electron chi connectivity index (χ1n) is 7.66. The van der Waals surface area contributed by atoms with Gasteiger partial charge < -0.3 is 18.9 Å². The molecule has 3 rings (SSSR count). The van der Waals surface area contributed by atoms with E-state index >= 15 is 0 Å². The Labute approximate surface area is 126 Å². The average molecular weight is 292 g/mol. The molecule has 1 aromatic rings. The Kier molecular flexibility index (Phi) is 4.06. The maximum Gasteiger partial charge on any atom is 0.190 e. The number of rotatable bonds is 4. The van der Waals surface area contributed by atoms with E-state index in [1.807, 2.05) is 32.0 Å². The molecule has 5 atom stereocenters. The highest BCUT2D eigenvalue weighted by atomic mass is 16.8. The van der Waals surface area contributed by atoms with Crippen LogP contribution in [0.2, 0.25) is 0 Å². The molecular formula is C17H24O4. The Morgan fingerprint density at radius 1 is 1.19 bits per heavy atom. The van der Waals surface area contributed by atoms with Gasteiger partial charge in [0.25, 0.3) is 0 Å². The lowest BCUT2D eigenvalue weighted by Gasteiger charge is -2.30. The Morgan fingerprint density at radius 3 is 2.57 bits per heavy atom. The van der Waals surface area contributed by atoms with E-state index in [4.69, 9.17) is 18.9 Å². The van der Waals surface area contributed by atoms with Crippen molar-refractivity contribution in [2.75, 3.05) is 0 Å². The molecule has 21 heavy (non-hydrogen) atoms. The minimum atomic E-state index is -0.593. The topological polar surface area (TPSA) is 36.9 Å². The average Bonchev–Trinajstić information content (AvgIpc) is 2.91. The van der Waals surface area contributed by atoms with Crippen molar-refractivity contribution in [2.45, 2.75) is 64.7 Å². The highest BCUT2D eigenvalue weighted by Gasteiger charge is 2.56. The number of hydrogen-bond acceptors (Lipinski definition) is 4. The number of fused-ring (bicyclic) bond motifs is 1. The first-order chi connectivity index (χ1) is 9.99. The molecule has 4 nitrogen and oxygen atoms in total. The van der Waals surface area contributed by atoms with E-state index in [1.165, 1.54) is 0 Å². The minimum absolute atomic E-state index is 0.0274. The third-order valence-electron chi connectivity index (χ3n) is 4.46. The van der Waals surface area contributed by atoms with Gasteiger partial charge in [-0.25, -0.2) is 0 Å². The number of benzene rings is 1. The molecule has 1 unspecified atom stereocenters. The monoisotopic (exact) mass is 292 g/mol. The highest BCUT2D eigenvalue weighted by Crippen LogP contribution is 2.42. The maximum absolute atomic E-state index is 6.13. The van der Waals surface area contributed by atoms with Crippen LogP contribution in [0.5, 0.6) is 0 Å². The van der Waals surface area contributed by atoms with Crippen LogP contribution < -0.4 is 0 Å². The molecule has 2 heterocycles. The van der Waals surface area contributed by atoms with Crippen LogP contribution in [0.15, 0.2) is 30.3 Å². The predicted molar refractivity (Wildman–Crippen MR) is 78.6 cm³/mol. The SMILES string of the molecule is CC(C)C1(C)O[C@H]2O[C@H](C)[C@H](OCc3ccccc3)[C@H]2O1. The van der Waals surface area contributed by atoms with Crippen molar-refractivity contribution in [1.29, 1.82) is 0 Å². The summed E-state index contributed by atoms with van der Waals surface area (Å²) in [6, 6.07) is 10.1. The summed E-state index contributed by atoms with van der Waals surface area (Å²) >= 11 is 0. The molecule has 0 aromatic heterocycles. The summed E-state index contributed by atoms with van der Waals surface area (Å²) in [6.07, 6.45) is -0.611. The Bertz CT molecular complexity index is 475. The molecule has 0 bridgehead atoms. The lowest BCUT2D eigenvalue weighted by atomic mass is 10.1. The van der Waals surface area contributed by atoms with E-state index < -0.39 is 5.79 Å². The van der Waals surface area contributed by atoms with Gasteiger partial charge >= 0.3 is 0 Å². The van der Waals surface area contributed by atoms with Gasteiger partial charge in [-0.05, 0) is 19.4 Å². The molecule has 0 radical (unpaired) electrons. The highest BCUT2D eigenvalue weighted by molar-refractivity contribution is 5.13. The molecule has 0 aliphatic carbocycles. The van der Waals surface area contributed by atoms with Crippen LogP contribution in [0.1, 0.15) is 33.3 Å². The number of ether oxygens (including phenoxy) is 4. The zero-order valence-corrected chi connectivity index (χ0v) is 13.1. The second-order valence-electron chi connectivity index (χ2n) is 6.34. The molecule has 2 aliphatic rings. The van der Waals surface area contributed by atoms with Crippen LogP contribution in [0.3, 0.4) is 0 Å². The first kappa shape index (κ1) is 15.0. The molecule has 0 saturated carbocycles. The molecule has 2 saturated heterocycles. The van der Waals surface area contributed by atoms with Crippen molar-refractivity contribution in [3.8, 4) is 0 Å². The summed E-state index contributed by atoms with van der Waals surface area (Å²) in [5.41, 5.74) is 1.15. The Morgan fingerprint density at radius 2 is 1.90 bits per heavy atom. The molecule has 0 N–H and O–H groups in total. The van der Waals surface area contributed by atoms with Crippen LogP contribution in [-0.2, 0) is 25.6 Å². The third kappa shape index (κ3) is 2.86. The van der Waals surface area contributed by atoms with Gasteiger partial charge in [0, 0.05) is 5.92 Å². The van der Waals surface area contributed by atoms with Gasteiger partial charge in [0.15, 0.2) is 12.1 Å². The predicted octanol–water partition coefficient (Wildman–Crippen LogP) is 3.10. The van der Waals surface area contributed by atoms with E-state index in [0.29, 0.717) is 6.61 Å². The zero-order valence-electron chi connectivity index (χ0n) is 13.1. The van der Waals surface area contributed by atoms with E-state index in [-0.39, 0.29) is 30.5 Å². The van der Waals surface area contributed by atoms with E-state index in [9.17, 15) is 0 Å². The van der Waals surface area contributed by atoms with Gasteiger partial charge in [-0.1, -0.05) is 44.2 Å². The normalized spacial score (nSPS) is 38.9. The smallest absolute Gasteiger partial charge is 0.190 e. The van der Waals surface area contributed by atoms with Crippen molar-refractivity contribution < 1.29 is 18.9 Å². The Balaban J connectivity index is 1.65. The summed E-state index contributed by atoms with van der Waals surface area (Å²) in [5, 5.41) is 0. The fourth-order valence-electron chi connectivity index (χ4n) is 2.80. The van der Waals surface area contributed by atoms with Gasteiger partial charge in [-0.2, -0.15) is 0 Å². The van der Waals surface area contributed by atoms with E-state index in [2.05, 4.69) is 26.0 Å². The lowest BCUT2D eigenvalue weighted by molar-refractivity contribution is -0.245. The summed E-state index contributed by atoms with van der Waals surface area (Å²) in [5.74, 6) is -0.333. The van der Waals surface area contributed by atoms with Crippen LogP contribution in [0, 0.1) is 5.92 Å². The van der Waals surface area contributed by atoms with Gasteiger partial charge in [0.2, 0.25) is 0 Å². The minimum Gasteiger partial charge on any atom is -0.368 e. The summed E-state index contributed by atoms with van der Waals surface area (Å²) in [7, 11) is 0. The fourth-order valence-corrected chi connectivity index (χ4v) is 2.80. The van der Waals surface area contributed by atoms with Gasteiger partial charge in [-0.15, -0.1) is 0 Å². The molecule has 2 aliphatic heterocycles. The van der Waals surface area contributed by atoms with Crippen molar-refractivity contribution >= 4 is 0 Å². The van der Waals surface area contributed by atoms with Crippen molar-refractivity contribution in [3.05, 3.63) is 35.9 Å². The molecule has 116 valence electrons. The van der Waals surface area contributed by atoms with Crippen molar-refractivity contribution in [3.63, 3.8) is 0 Å². The second-order valence-corrected chi connectivity index (χ2v) is 6.34. The van der Waals surface area contributed by atoms with Crippen molar-refractivity contribution in [2.24, 2.45) is 5.92 Å². The van der Waals surface area contributed by atoms with Crippen LogP contribution in [0.25, 0.3) is 0 Å². The van der Waals surface area contributed by atoms with Gasteiger partial charge in [0.05, 0.1) is 12.7 Å². The number of hydrogen-bond donors (Lipinski definition) is 0. The van der Waals surface area contributed by atoms with Gasteiger partial charge in [-0.3, -0.25) is 0 Å². The summed E-state index contributed by atoms with van der Waals surface area (Å²) in [4.78, 5) is 0. The molecule has 1 aromatic carbocycles. The van der Waals surface area contributed by atoms with E-state index in [0.717, 1.165) is 5.56 Å². The molecule has 4 heteroatoms. The third-order valence-corrected chi connectivity index (χ3v) is 4.46. The zero-order chi connectivity index (χ0) is 15.0. The maximum atomic E-state index is 6.13. The molecule has 0 amide bonds. The van der Waals surface area contributed by atoms with Crippen LogP contribution in [0.4, 0.5) is 0 Å². The lowest BCUT2D eigenvalue weighted by Crippen LogP contribution is -2.39. The largest absolute Gasteiger partial charge is 0.368 e. The standard InChI is InChI=1S/C17H24O4/c1-11(2)17(4)20-15-14(12(3)19-16(15)21-17)18-10-13-8-6-5-7-9-13/h5-9,11-12,14-16H,10H2,1-4H3/t12-,14+,15-,16-,17?/m1/s1.